The second-order valence-electron chi connectivity index (χ2n) is 12.7. The second kappa shape index (κ2) is 11.9. The maximum absolute atomic E-state index is 12.9. The van der Waals surface area contributed by atoms with Gasteiger partial charge in [0.2, 0.25) is 0 Å². The predicted octanol–water partition coefficient (Wildman–Crippen LogP) is 6.18. The molecule has 7 nitrogen and oxygen atoms in total. The fourth-order valence-electron chi connectivity index (χ4n) is 8.11. The maximum atomic E-state index is 12.9. The molecule has 212 valence electrons. The third-order valence-electron chi connectivity index (χ3n) is 10.3. The van der Waals surface area contributed by atoms with Crippen molar-refractivity contribution in [1.82, 2.24) is 0 Å². The van der Waals surface area contributed by atoms with Crippen LogP contribution in [0.4, 0.5) is 0 Å². The lowest BCUT2D eigenvalue weighted by molar-refractivity contribution is -0.161. The first-order valence-corrected chi connectivity index (χ1v) is 14.9. The zero-order valence-electron chi connectivity index (χ0n) is 23.5. The van der Waals surface area contributed by atoms with Gasteiger partial charge in [-0.1, -0.05) is 45.6 Å². The van der Waals surface area contributed by atoms with Gasteiger partial charge in [-0.05, 0) is 68.3 Å². The highest BCUT2D eigenvalue weighted by atomic mass is 16.5. The first-order chi connectivity index (χ1) is 18.1. The molecular weight excluding hydrogens is 484 g/mol. The van der Waals surface area contributed by atoms with Crippen LogP contribution in [0.1, 0.15) is 117 Å². The van der Waals surface area contributed by atoms with Crippen LogP contribution < -0.4 is 0 Å². The summed E-state index contributed by atoms with van der Waals surface area (Å²) in [6, 6.07) is 0. The lowest BCUT2D eigenvalue weighted by Gasteiger charge is -2.58. The number of fused-ring (bicyclic) bond motifs is 5. The Labute approximate surface area is 227 Å². The minimum atomic E-state index is -0.922. The summed E-state index contributed by atoms with van der Waals surface area (Å²) in [5.74, 6) is -0.528. The number of esters is 2. The molecule has 0 amide bonds. The van der Waals surface area contributed by atoms with E-state index in [-0.39, 0.29) is 60.0 Å². The van der Waals surface area contributed by atoms with Crippen molar-refractivity contribution >= 4 is 23.7 Å². The van der Waals surface area contributed by atoms with Crippen molar-refractivity contribution in [3.05, 3.63) is 11.6 Å². The summed E-state index contributed by atoms with van der Waals surface area (Å²) < 4.78 is 12.0. The Morgan fingerprint density at radius 3 is 2.32 bits per heavy atom. The van der Waals surface area contributed by atoms with Crippen LogP contribution in [0.25, 0.3) is 0 Å². The number of carboxylic acids is 1. The summed E-state index contributed by atoms with van der Waals surface area (Å²) in [4.78, 5) is 49.2. The lowest BCUT2D eigenvalue weighted by Crippen LogP contribution is -2.55. The van der Waals surface area contributed by atoms with Gasteiger partial charge in [-0.3, -0.25) is 19.2 Å². The van der Waals surface area contributed by atoms with Crippen molar-refractivity contribution in [2.45, 2.75) is 129 Å². The quantitative estimate of drug-likeness (QED) is 0.193. The molecule has 38 heavy (non-hydrogen) atoms. The van der Waals surface area contributed by atoms with E-state index in [0.717, 1.165) is 57.8 Å². The number of carboxylic acid groups (broad SMARTS) is 1. The van der Waals surface area contributed by atoms with E-state index in [2.05, 4.69) is 26.8 Å². The second-order valence-corrected chi connectivity index (χ2v) is 12.7. The molecular formula is C31H46O7. The van der Waals surface area contributed by atoms with E-state index in [1.54, 1.807) is 0 Å². The average Bonchev–Trinajstić information content (AvgIpc) is 3.16. The van der Waals surface area contributed by atoms with E-state index in [0.29, 0.717) is 31.0 Å². The van der Waals surface area contributed by atoms with Gasteiger partial charge in [0.25, 0.3) is 0 Å². The number of hydrogen-bond acceptors (Lipinski definition) is 6. The fourth-order valence-corrected chi connectivity index (χ4v) is 8.11. The predicted molar refractivity (Wildman–Crippen MR) is 142 cm³/mol. The smallest absolute Gasteiger partial charge is 0.306 e. The van der Waals surface area contributed by atoms with Gasteiger partial charge < -0.3 is 14.6 Å². The monoisotopic (exact) mass is 530 g/mol. The van der Waals surface area contributed by atoms with E-state index < -0.39 is 12.1 Å². The standard InChI is InChI=1S/C31H46O7/c1-4-5-6-7-10-27(35)37-21-14-16-30(2)20(18-21)19-24(38-28(36)11-8-9-26(33)34)29-22-12-13-25(32)31(22,3)17-15-23(29)30/h19,21-24,29H,4-18H2,1-3H3,(H,33,34)/t21-,22-,23-,24+,29-,30-,31-/m0/s1. The molecule has 0 saturated heterocycles. The molecule has 3 saturated carbocycles. The van der Waals surface area contributed by atoms with Crippen molar-refractivity contribution in [3.8, 4) is 0 Å². The van der Waals surface area contributed by atoms with Crippen LogP contribution in [-0.2, 0) is 28.7 Å². The molecule has 3 fully saturated rings. The Bertz CT molecular complexity index is 954. The molecule has 0 aromatic heterocycles. The molecule has 4 aliphatic rings. The minimum Gasteiger partial charge on any atom is -0.481 e. The number of unbranched alkanes of at least 4 members (excludes halogenated alkanes) is 3. The van der Waals surface area contributed by atoms with Crippen LogP contribution in [0.2, 0.25) is 0 Å². The topological polar surface area (TPSA) is 107 Å². The van der Waals surface area contributed by atoms with Crippen molar-refractivity contribution < 1.29 is 33.8 Å². The highest BCUT2D eigenvalue weighted by Gasteiger charge is 2.61. The molecule has 0 radical (unpaired) electrons. The van der Waals surface area contributed by atoms with Crippen molar-refractivity contribution in [3.63, 3.8) is 0 Å². The summed E-state index contributed by atoms with van der Waals surface area (Å²) in [5, 5.41) is 8.95. The van der Waals surface area contributed by atoms with Crippen LogP contribution in [0.5, 0.6) is 0 Å². The molecule has 4 rings (SSSR count). The van der Waals surface area contributed by atoms with Gasteiger partial charge in [-0.25, -0.2) is 0 Å². The molecule has 4 aliphatic carbocycles. The van der Waals surface area contributed by atoms with Gasteiger partial charge in [-0.2, -0.15) is 0 Å². The average molecular weight is 531 g/mol. The number of rotatable bonds is 11. The summed E-state index contributed by atoms with van der Waals surface area (Å²) in [6.07, 6.45) is 12.1. The molecule has 0 heterocycles. The number of ketones is 1. The van der Waals surface area contributed by atoms with E-state index in [1.165, 1.54) is 5.57 Å². The molecule has 0 aliphatic heterocycles. The van der Waals surface area contributed by atoms with Gasteiger partial charge in [0.05, 0.1) is 0 Å². The molecule has 0 spiro atoms. The number of Topliss-reactive ketones (excluding diaryl/α,β-unsaturated/α-hetero) is 1. The van der Waals surface area contributed by atoms with Crippen LogP contribution in [0.3, 0.4) is 0 Å². The van der Waals surface area contributed by atoms with Gasteiger partial charge in [0.1, 0.15) is 18.0 Å². The Kier molecular flexibility index (Phi) is 9.03. The zero-order chi connectivity index (χ0) is 27.5. The Morgan fingerprint density at radius 2 is 1.58 bits per heavy atom. The Hall–Kier alpha value is -2.18. The van der Waals surface area contributed by atoms with E-state index in [4.69, 9.17) is 14.6 Å². The normalized spacial score (nSPS) is 35.9. The molecule has 0 aromatic carbocycles. The highest BCUT2D eigenvalue weighted by molar-refractivity contribution is 5.87. The molecule has 7 atom stereocenters. The van der Waals surface area contributed by atoms with Crippen molar-refractivity contribution in [1.29, 1.82) is 0 Å². The van der Waals surface area contributed by atoms with Crippen molar-refractivity contribution in [2.24, 2.45) is 28.6 Å². The number of carbonyl (C=O) groups excluding carboxylic acids is 3. The zero-order valence-corrected chi connectivity index (χ0v) is 23.5. The summed E-state index contributed by atoms with van der Waals surface area (Å²) in [7, 11) is 0. The molecule has 0 aromatic rings. The largest absolute Gasteiger partial charge is 0.481 e. The van der Waals surface area contributed by atoms with Crippen LogP contribution in [0.15, 0.2) is 11.6 Å². The van der Waals surface area contributed by atoms with Gasteiger partial charge in [-0.15, -0.1) is 0 Å². The molecule has 0 unspecified atom stereocenters. The van der Waals surface area contributed by atoms with Crippen LogP contribution >= 0.6 is 0 Å². The summed E-state index contributed by atoms with van der Waals surface area (Å²) in [5.41, 5.74) is 0.792. The van der Waals surface area contributed by atoms with E-state index in [1.807, 2.05) is 0 Å². The molecule has 1 N–H and O–H groups in total. The Morgan fingerprint density at radius 1 is 0.895 bits per heavy atom. The third kappa shape index (κ3) is 5.86. The lowest BCUT2D eigenvalue weighted by atomic mass is 9.47. The minimum absolute atomic E-state index is 0.0616. The van der Waals surface area contributed by atoms with Gasteiger partial charge in [0.15, 0.2) is 0 Å². The Balaban J connectivity index is 1.52. The summed E-state index contributed by atoms with van der Waals surface area (Å²) in [6.45, 7) is 6.58. The number of aliphatic carboxylic acids is 1. The maximum Gasteiger partial charge on any atom is 0.306 e. The summed E-state index contributed by atoms with van der Waals surface area (Å²) >= 11 is 0. The molecule has 0 bridgehead atoms. The highest BCUT2D eigenvalue weighted by Crippen LogP contribution is 2.64. The van der Waals surface area contributed by atoms with Gasteiger partial charge in [0, 0.05) is 43.4 Å². The SMILES string of the molecule is CCCCCCC(=O)O[C@H]1CC[C@@]2(C)C(=C[C@@H](OC(=O)CCCC(=O)O)[C@@H]3[C@@H]2CC[C@]2(C)C(=O)CC[C@@H]32)C1. The number of carbonyl (C=O) groups is 4. The van der Waals surface area contributed by atoms with Crippen LogP contribution in [-0.4, -0.2) is 41.0 Å². The third-order valence-corrected chi connectivity index (χ3v) is 10.3. The van der Waals surface area contributed by atoms with E-state index in [9.17, 15) is 19.2 Å². The fraction of sp³-hybridized carbons (Fsp3) is 0.806. The van der Waals surface area contributed by atoms with Crippen LogP contribution in [0, 0.1) is 28.6 Å². The first kappa shape index (κ1) is 28.8. The molecule has 7 heteroatoms. The number of hydrogen-bond donors (Lipinski definition) is 1. The number of ether oxygens (including phenoxy) is 2. The van der Waals surface area contributed by atoms with E-state index >= 15 is 0 Å². The first-order valence-electron chi connectivity index (χ1n) is 14.9. The van der Waals surface area contributed by atoms with Gasteiger partial charge >= 0.3 is 17.9 Å². The van der Waals surface area contributed by atoms with Crippen molar-refractivity contribution in [2.75, 3.05) is 0 Å².